The normalized spacial score (nSPS) is 20.4. The summed E-state index contributed by atoms with van der Waals surface area (Å²) < 4.78 is 5.41. The molecule has 2 N–H and O–H groups in total. The lowest BCUT2D eigenvalue weighted by atomic mass is 10.1. The van der Waals surface area contributed by atoms with Crippen LogP contribution < -0.4 is 5.32 Å². The van der Waals surface area contributed by atoms with Crippen molar-refractivity contribution < 1.29 is 19.4 Å². The third-order valence-electron chi connectivity index (χ3n) is 3.58. The average Bonchev–Trinajstić information content (AvgIpc) is 2.80. The Morgan fingerprint density at radius 1 is 1.43 bits per heavy atom. The van der Waals surface area contributed by atoms with Crippen molar-refractivity contribution in [2.45, 2.75) is 71.1 Å². The third kappa shape index (κ3) is 5.91. The topological polar surface area (TPSA) is 78.9 Å². The fourth-order valence-corrected chi connectivity index (χ4v) is 2.53. The van der Waals surface area contributed by atoms with Crippen LogP contribution in [0.2, 0.25) is 0 Å². The van der Waals surface area contributed by atoms with Crippen molar-refractivity contribution >= 4 is 12.1 Å². The Morgan fingerprint density at radius 3 is 2.62 bits per heavy atom. The van der Waals surface area contributed by atoms with Crippen LogP contribution in [0.1, 0.15) is 53.4 Å². The van der Waals surface area contributed by atoms with E-state index in [1.165, 1.54) is 0 Å². The molecule has 0 aromatic heterocycles. The smallest absolute Gasteiger partial charge is 0.410 e. The minimum atomic E-state index is -0.826. The minimum Gasteiger partial charge on any atom is -0.480 e. The Kier molecular flexibility index (Phi) is 6.45. The second kappa shape index (κ2) is 7.64. The third-order valence-corrected chi connectivity index (χ3v) is 3.58. The molecule has 1 saturated heterocycles. The molecule has 0 radical (unpaired) electrons. The van der Waals surface area contributed by atoms with E-state index >= 15 is 0 Å². The zero-order chi connectivity index (χ0) is 16.0. The van der Waals surface area contributed by atoms with E-state index in [4.69, 9.17) is 9.84 Å². The summed E-state index contributed by atoms with van der Waals surface area (Å²) in [4.78, 5) is 24.8. The van der Waals surface area contributed by atoms with Crippen molar-refractivity contribution in [3.63, 3.8) is 0 Å². The van der Waals surface area contributed by atoms with Gasteiger partial charge in [-0.05, 0) is 53.0 Å². The molecule has 0 saturated carbocycles. The van der Waals surface area contributed by atoms with Crippen LogP contribution in [0.3, 0.4) is 0 Å². The predicted molar refractivity (Wildman–Crippen MR) is 80.3 cm³/mol. The second-order valence-electron chi connectivity index (χ2n) is 6.51. The Labute approximate surface area is 126 Å². The molecule has 0 aromatic rings. The molecule has 21 heavy (non-hydrogen) atoms. The van der Waals surface area contributed by atoms with Gasteiger partial charge >= 0.3 is 12.1 Å². The number of nitrogens with zero attached hydrogens (tertiary/aromatic N) is 1. The van der Waals surface area contributed by atoms with Crippen molar-refractivity contribution in [2.75, 3.05) is 13.1 Å². The molecular formula is C15H28N2O4. The molecule has 0 aliphatic carbocycles. The lowest BCUT2D eigenvalue weighted by Crippen LogP contribution is -2.42. The highest BCUT2D eigenvalue weighted by Crippen LogP contribution is 2.22. The molecule has 0 spiro atoms. The number of ether oxygens (including phenoxy) is 1. The van der Waals surface area contributed by atoms with Gasteiger partial charge in [-0.2, -0.15) is 0 Å². The number of carbonyl (C=O) groups excluding carboxylic acids is 1. The molecule has 2 atom stereocenters. The molecule has 1 aliphatic heterocycles. The first kappa shape index (κ1) is 17.8. The number of carboxylic acid groups (broad SMARTS) is 1. The van der Waals surface area contributed by atoms with Crippen LogP contribution in [-0.4, -0.2) is 52.8 Å². The second-order valence-corrected chi connectivity index (χ2v) is 6.51. The molecule has 6 nitrogen and oxygen atoms in total. The molecule has 2 unspecified atom stereocenters. The van der Waals surface area contributed by atoms with E-state index in [0.717, 1.165) is 25.8 Å². The number of hydrogen-bond acceptors (Lipinski definition) is 4. The summed E-state index contributed by atoms with van der Waals surface area (Å²) >= 11 is 0. The molecule has 122 valence electrons. The number of aliphatic carboxylic acids is 1. The number of likely N-dealkylation sites (tertiary alicyclic amines) is 1. The lowest BCUT2D eigenvalue weighted by Gasteiger charge is -2.29. The van der Waals surface area contributed by atoms with Gasteiger partial charge in [0.1, 0.15) is 11.6 Å². The Morgan fingerprint density at radius 2 is 2.10 bits per heavy atom. The number of hydrogen-bond donors (Lipinski definition) is 2. The van der Waals surface area contributed by atoms with Gasteiger partial charge in [0.15, 0.2) is 0 Å². The van der Waals surface area contributed by atoms with Gasteiger partial charge in [-0.15, -0.1) is 0 Å². The van der Waals surface area contributed by atoms with Gasteiger partial charge in [-0.1, -0.05) is 6.92 Å². The van der Waals surface area contributed by atoms with E-state index in [-0.39, 0.29) is 12.1 Å². The van der Waals surface area contributed by atoms with E-state index in [2.05, 4.69) is 5.32 Å². The highest BCUT2D eigenvalue weighted by molar-refractivity contribution is 5.73. The molecule has 6 heteroatoms. The van der Waals surface area contributed by atoms with Crippen LogP contribution in [0.5, 0.6) is 0 Å². The SMILES string of the molecule is CCC(NCCC1CCCN1C(=O)OC(C)(C)C)C(=O)O. The number of carboxylic acids is 1. The Bertz CT molecular complexity index is 365. The molecule has 1 rings (SSSR count). The van der Waals surface area contributed by atoms with Crippen molar-refractivity contribution in [1.82, 2.24) is 10.2 Å². The standard InChI is InChI=1S/C15H28N2O4/c1-5-12(13(18)19)16-9-8-11-7-6-10-17(11)14(20)21-15(2,3)4/h11-12,16H,5-10H2,1-4H3,(H,18,19). The average molecular weight is 300 g/mol. The van der Waals surface area contributed by atoms with Crippen LogP contribution >= 0.6 is 0 Å². The highest BCUT2D eigenvalue weighted by Gasteiger charge is 2.31. The van der Waals surface area contributed by atoms with Crippen LogP contribution in [0.25, 0.3) is 0 Å². The largest absolute Gasteiger partial charge is 0.480 e. The minimum absolute atomic E-state index is 0.138. The van der Waals surface area contributed by atoms with Gasteiger partial charge in [-0.25, -0.2) is 4.79 Å². The molecular weight excluding hydrogens is 272 g/mol. The Hall–Kier alpha value is -1.30. The van der Waals surface area contributed by atoms with Crippen LogP contribution in [0, 0.1) is 0 Å². The van der Waals surface area contributed by atoms with Gasteiger partial charge in [0.25, 0.3) is 0 Å². The first-order valence-electron chi connectivity index (χ1n) is 7.70. The van der Waals surface area contributed by atoms with Gasteiger partial charge in [0, 0.05) is 12.6 Å². The molecule has 1 aliphatic rings. The summed E-state index contributed by atoms with van der Waals surface area (Å²) in [6, 6.07) is -0.375. The summed E-state index contributed by atoms with van der Waals surface area (Å²) in [6.07, 6.45) is 2.96. The van der Waals surface area contributed by atoms with Crippen molar-refractivity contribution in [1.29, 1.82) is 0 Å². The van der Waals surface area contributed by atoms with Crippen molar-refractivity contribution in [2.24, 2.45) is 0 Å². The molecule has 1 amide bonds. The summed E-state index contributed by atoms with van der Waals surface area (Å²) in [5, 5.41) is 12.0. The summed E-state index contributed by atoms with van der Waals surface area (Å²) in [5.74, 6) is -0.826. The van der Waals surface area contributed by atoms with Crippen molar-refractivity contribution in [3.8, 4) is 0 Å². The van der Waals surface area contributed by atoms with E-state index < -0.39 is 17.6 Å². The van der Waals surface area contributed by atoms with Crippen LogP contribution in [-0.2, 0) is 9.53 Å². The predicted octanol–water partition coefficient (Wildman–Crippen LogP) is 2.23. The van der Waals surface area contributed by atoms with Gasteiger partial charge in [-0.3, -0.25) is 4.79 Å². The maximum atomic E-state index is 12.1. The Balaban J connectivity index is 2.43. The van der Waals surface area contributed by atoms with Crippen LogP contribution in [0.4, 0.5) is 4.79 Å². The first-order chi connectivity index (χ1) is 9.74. The zero-order valence-electron chi connectivity index (χ0n) is 13.5. The molecule has 0 bridgehead atoms. The van der Waals surface area contributed by atoms with Gasteiger partial charge in [0.2, 0.25) is 0 Å². The first-order valence-corrected chi connectivity index (χ1v) is 7.70. The van der Waals surface area contributed by atoms with E-state index in [1.807, 2.05) is 27.7 Å². The summed E-state index contributed by atoms with van der Waals surface area (Å²) in [7, 11) is 0. The highest BCUT2D eigenvalue weighted by atomic mass is 16.6. The number of carbonyl (C=O) groups is 2. The van der Waals surface area contributed by atoms with Gasteiger partial charge < -0.3 is 20.1 Å². The number of nitrogens with one attached hydrogen (secondary N) is 1. The number of rotatable bonds is 6. The quantitative estimate of drug-likeness (QED) is 0.786. The number of amides is 1. The van der Waals surface area contributed by atoms with Crippen LogP contribution in [0.15, 0.2) is 0 Å². The summed E-state index contributed by atoms with van der Waals surface area (Å²) in [6.45, 7) is 8.72. The lowest BCUT2D eigenvalue weighted by molar-refractivity contribution is -0.139. The molecule has 0 aromatic carbocycles. The van der Waals surface area contributed by atoms with Crippen molar-refractivity contribution in [3.05, 3.63) is 0 Å². The van der Waals surface area contributed by atoms with E-state index in [0.29, 0.717) is 13.0 Å². The zero-order valence-corrected chi connectivity index (χ0v) is 13.5. The van der Waals surface area contributed by atoms with E-state index in [1.54, 1.807) is 4.90 Å². The summed E-state index contributed by atoms with van der Waals surface area (Å²) in [5.41, 5.74) is -0.487. The van der Waals surface area contributed by atoms with Gasteiger partial charge in [0.05, 0.1) is 0 Å². The molecule has 1 fully saturated rings. The monoisotopic (exact) mass is 300 g/mol. The van der Waals surface area contributed by atoms with E-state index in [9.17, 15) is 9.59 Å². The fraction of sp³-hybridized carbons (Fsp3) is 0.867. The maximum absolute atomic E-state index is 12.1. The maximum Gasteiger partial charge on any atom is 0.410 e. The molecule has 1 heterocycles. The fourth-order valence-electron chi connectivity index (χ4n) is 2.53.